The summed E-state index contributed by atoms with van der Waals surface area (Å²) in [5, 5.41) is 10.9. The minimum absolute atomic E-state index is 0.00187. The molecule has 3 heterocycles. The van der Waals surface area contributed by atoms with Crippen LogP contribution in [0.3, 0.4) is 0 Å². The molecule has 2 aromatic carbocycles. The molecule has 2 bridgehead atoms. The van der Waals surface area contributed by atoms with Gasteiger partial charge in [-0.25, -0.2) is 0 Å². The second kappa shape index (κ2) is 16.8. The van der Waals surface area contributed by atoms with Crippen LogP contribution in [0.4, 0.5) is 0 Å². The number of likely N-dealkylation sites (N-methyl/N-ethyl adjacent to an activating group) is 1. The normalized spacial score (nSPS) is 26.7. The van der Waals surface area contributed by atoms with Gasteiger partial charge >= 0.3 is 5.97 Å². The van der Waals surface area contributed by atoms with Gasteiger partial charge < -0.3 is 29.3 Å². The second-order valence-electron chi connectivity index (χ2n) is 15.2. The lowest BCUT2D eigenvalue weighted by molar-refractivity contribution is -0.165. The molecule has 4 fully saturated rings. The molecule has 1 N–H and O–H groups in total. The fraction of sp³-hybridized carbons (Fsp3) is 0.535. The van der Waals surface area contributed by atoms with Crippen LogP contribution in [-0.4, -0.2) is 99.6 Å². The van der Waals surface area contributed by atoms with Gasteiger partial charge in [-0.15, -0.1) is 13.2 Å². The van der Waals surface area contributed by atoms with Crippen molar-refractivity contribution in [1.82, 2.24) is 14.7 Å². The smallest absolute Gasteiger partial charge is 0.313 e. The Morgan fingerprint density at radius 2 is 1.70 bits per heavy atom. The van der Waals surface area contributed by atoms with Crippen molar-refractivity contribution in [3.05, 3.63) is 97.1 Å². The Balaban J connectivity index is 1.36. The molecule has 53 heavy (non-hydrogen) atoms. The summed E-state index contributed by atoms with van der Waals surface area (Å²) in [5.41, 5.74) is 0.383. The van der Waals surface area contributed by atoms with Gasteiger partial charge in [0.05, 0.1) is 36.6 Å². The summed E-state index contributed by atoms with van der Waals surface area (Å²) < 4.78 is 13.2. The van der Waals surface area contributed by atoms with E-state index in [1.807, 2.05) is 72.5 Å². The van der Waals surface area contributed by atoms with Crippen LogP contribution in [0, 0.1) is 11.8 Å². The minimum Gasteiger partial charge on any atom is -0.455 e. The predicted molar refractivity (Wildman–Crippen MR) is 201 cm³/mol. The molecular weight excluding hydrogens is 670 g/mol. The fourth-order valence-electron chi connectivity index (χ4n) is 9.40. The summed E-state index contributed by atoms with van der Waals surface area (Å²) in [5.74, 6) is -3.21. The van der Waals surface area contributed by atoms with Gasteiger partial charge in [-0.2, -0.15) is 0 Å². The standard InChI is InChI=1S/C43H55N3O7/c1-5-7-23-35(48)44(4)29(3)38(31-19-13-9-14-20-31)52-42(51)36-34-24-25-43(53-34)37(36)40(49)46(33(28-47)27-30-17-11-8-12-18-30)39(43)41(50)45(26-6-2)32-21-15-10-16-22-32/h5-6,8-9,11-14,17-20,29,32-34,36-39,47H,1-2,7,10,15-16,21-28H2,3-4H3/t29-,33+,34-,36+,37+,38+,39-,43+/m0/s1. The Bertz CT molecular complexity index is 1630. The Morgan fingerprint density at radius 3 is 2.34 bits per heavy atom. The van der Waals surface area contributed by atoms with Crippen molar-refractivity contribution >= 4 is 23.7 Å². The molecule has 1 aliphatic carbocycles. The number of hydrogen-bond acceptors (Lipinski definition) is 7. The number of carbonyl (C=O) groups is 4. The van der Waals surface area contributed by atoms with Crippen molar-refractivity contribution in [2.24, 2.45) is 11.8 Å². The molecule has 3 aliphatic heterocycles. The molecule has 10 nitrogen and oxygen atoms in total. The van der Waals surface area contributed by atoms with Crippen LogP contribution >= 0.6 is 0 Å². The lowest BCUT2D eigenvalue weighted by atomic mass is 9.70. The number of fused-ring (bicyclic) bond motifs is 1. The lowest BCUT2D eigenvalue weighted by Gasteiger charge is -2.42. The highest BCUT2D eigenvalue weighted by molar-refractivity contribution is 5.98. The molecule has 284 valence electrons. The number of nitrogens with zero attached hydrogens (tertiary/aromatic N) is 3. The molecule has 0 radical (unpaired) electrons. The molecule has 3 amide bonds. The number of carbonyl (C=O) groups excluding carboxylic acids is 4. The molecule has 8 atom stereocenters. The van der Waals surface area contributed by atoms with E-state index in [1.54, 1.807) is 29.0 Å². The monoisotopic (exact) mass is 725 g/mol. The van der Waals surface area contributed by atoms with E-state index in [0.717, 1.165) is 43.2 Å². The summed E-state index contributed by atoms with van der Waals surface area (Å²) in [6.07, 6.45) is 8.93. The van der Waals surface area contributed by atoms with Gasteiger partial charge in [0.25, 0.3) is 0 Å². The number of aliphatic hydroxyl groups is 1. The van der Waals surface area contributed by atoms with Crippen LogP contribution in [0.25, 0.3) is 0 Å². The number of hydrogen-bond donors (Lipinski definition) is 1. The third-order valence-corrected chi connectivity index (χ3v) is 12.2. The molecule has 0 unspecified atom stereocenters. The van der Waals surface area contributed by atoms with Crippen LogP contribution in [0.15, 0.2) is 86.0 Å². The van der Waals surface area contributed by atoms with E-state index in [0.29, 0.717) is 32.2 Å². The van der Waals surface area contributed by atoms with E-state index in [4.69, 9.17) is 9.47 Å². The van der Waals surface area contributed by atoms with E-state index in [-0.39, 0.29) is 36.8 Å². The highest BCUT2D eigenvalue weighted by atomic mass is 16.6. The maximum absolute atomic E-state index is 15.1. The summed E-state index contributed by atoms with van der Waals surface area (Å²) in [7, 11) is 1.70. The third-order valence-electron chi connectivity index (χ3n) is 12.2. The van der Waals surface area contributed by atoms with E-state index in [2.05, 4.69) is 13.2 Å². The fourth-order valence-corrected chi connectivity index (χ4v) is 9.40. The lowest BCUT2D eigenvalue weighted by Crippen LogP contribution is -2.60. The number of likely N-dealkylation sites (tertiary alicyclic amines) is 1. The molecule has 3 saturated heterocycles. The summed E-state index contributed by atoms with van der Waals surface area (Å²) >= 11 is 0. The highest BCUT2D eigenvalue weighted by Gasteiger charge is 2.76. The zero-order chi connectivity index (χ0) is 37.7. The van der Waals surface area contributed by atoms with Crippen molar-refractivity contribution in [1.29, 1.82) is 0 Å². The topological polar surface area (TPSA) is 117 Å². The van der Waals surface area contributed by atoms with Gasteiger partial charge in [0.2, 0.25) is 17.7 Å². The Labute approximate surface area is 313 Å². The van der Waals surface area contributed by atoms with E-state index < -0.39 is 53.7 Å². The maximum Gasteiger partial charge on any atom is 0.313 e. The number of ether oxygens (including phenoxy) is 2. The first kappa shape index (κ1) is 38.4. The Morgan fingerprint density at radius 1 is 1.02 bits per heavy atom. The summed E-state index contributed by atoms with van der Waals surface area (Å²) in [6.45, 7) is 9.50. The van der Waals surface area contributed by atoms with E-state index in [9.17, 15) is 14.7 Å². The first-order valence-electron chi connectivity index (χ1n) is 19.3. The number of esters is 1. The zero-order valence-electron chi connectivity index (χ0n) is 31.2. The first-order valence-corrected chi connectivity index (χ1v) is 19.3. The van der Waals surface area contributed by atoms with Crippen LogP contribution in [-0.2, 0) is 35.1 Å². The van der Waals surface area contributed by atoms with E-state index in [1.165, 1.54) is 0 Å². The number of allylic oxidation sites excluding steroid dienone is 1. The Kier molecular flexibility index (Phi) is 12.2. The van der Waals surface area contributed by atoms with Gasteiger partial charge in [0.15, 0.2) is 0 Å². The summed E-state index contributed by atoms with van der Waals surface area (Å²) in [6, 6.07) is 16.7. The SMILES string of the molecule is C=CCCC(=O)N(C)[C@@H](C)[C@@H](OC(=O)[C@@H]1[C@@H]2CC[C@]3(O2)[C@H](C(=O)N(CC=C)C2CCCCC2)N([C@@H](CO)Cc2ccccc2)C(=O)[C@@H]13)c1ccccc1. The molecule has 1 saturated carbocycles. The van der Waals surface area contributed by atoms with Gasteiger partial charge in [0.1, 0.15) is 17.7 Å². The van der Waals surface area contributed by atoms with Crippen LogP contribution in [0.1, 0.15) is 81.9 Å². The van der Waals surface area contributed by atoms with Gasteiger partial charge in [0, 0.05) is 26.1 Å². The number of benzene rings is 2. The van der Waals surface area contributed by atoms with Crippen molar-refractivity contribution in [3.63, 3.8) is 0 Å². The average Bonchev–Trinajstić information content (AvgIpc) is 3.84. The van der Waals surface area contributed by atoms with Gasteiger partial charge in [-0.3, -0.25) is 19.2 Å². The van der Waals surface area contributed by atoms with Crippen LogP contribution < -0.4 is 0 Å². The number of rotatable bonds is 16. The molecule has 10 heteroatoms. The zero-order valence-corrected chi connectivity index (χ0v) is 31.2. The predicted octanol–water partition coefficient (Wildman–Crippen LogP) is 5.41. The van der Waals surface area contributed by atoms with Crippen molar-refractivity contribution in [3.8, 4) is 0 Å². The second-order valence-corrected chi connectivity index (χ2v) is 15.2. The van der Waals surface area contributed by atoms with Crippen LogP contribution in [0.2, 0.25) is 0 Å². The largest absolute Gasteiger partial charge is 0.455 e. The van der Waals surface area contributed by atoms with Gasteiger partial charge in [-0.05, 0) is 56.6 Å². The minimum atomic E-state index is -1.26. The Hall–Kier alpha value is -4.28. The maximum atomic E-state index is 15.1. The third kappa shape index (κ3) is 7.45. The number of aliphatic hydroxyl groups excluding tert-OH is 1. The first-order chi connectivity index (χ1) is 25.7. The molecule has 1 spiro atoms. The van der Waals surface area contributed by atoms with E-state index >= 15 is 9.59 Å². The molecule has 4 aliphatic rings. The highest BCUT2D eigenvalue weighted by Crippen LogP contribution is 2.59. The molecule has 2 aromatic rings. The van der Waals surface area contributed by atoms with Crippen molar-refractivity contribution < 1.29 is 33.8 Å². The van der Waals surface area contributed by atoms with Crippen molar-refractivity contribution in [2.45, 2.75) is 113 Å². The molecule has 0 aromatic heterocycles. The quantitative estimate of drug-likeness (QED) is 0.182. The van der Waals surface area contributed by atoms with Crippen molar-refractivity contribution in [2.75, 3.05) is 20.2 Å². The van der Waals surface area contributed by atoms with Gasteiger partial charge in [-0.1, -0.05) is 92.1 Å². The summed E-state index contributed by atoms with van der Waals surface area (Å²) in [4.78, 5) is 62.8. The average molecular weight is 726 g/mol. The molecule has 6 rings (SSSR count). The van der Waals surface area contributed by atoms with Crippen LogP contribution in [0.5, 0.6) is 0 Å². The molecular formula is C43H55N3O7. The number of amides is 3.